The minimum absolute atomic E-state index is 0.152. The summed E-state index contributed by atoms with van der Waals surface area (Å²) in [6, 6.07) is 0. The topological polar surface area (TPSA) is 155 Å². The Morgan fingerprint density at radius 1 is 0.414 bits per heavy atom. The molecule has 0 bridgehead atoms. The van der Waals surface area contributed by atoms with Crippen LogP contribution in [0, 0.1) is 0 Å². The van der Waals surface area contributed by atoms with Gasteiger partial charge in [0.05, 0.1) is 19.8 Å². The molecule has 0 aliphatic heterocycles. The van der Waals surface area contributed by atoms with E-state index in [1.807, 2.05) is 0 Å². The van der Waals surface area contributed by atoms with E-state index >= 15 is 0 Å². The van der Waals surface area contributed by atoms with Gasteiger partial charge in [-0.25, -0.2) is 4.57 Å². The molecule has 0 aromatic carbocycles. The lowest BCUT2D eigenvalue weighted by molar-refractivity contribution is -0.161. The van der Waals surface area contributed by atoms with Crippen LogP contribution >= 0.6 is 7.82 Å². The second-order valence-electron chi connectivity index (χ2n) is 18.4. The Hall–Kier alpha value is -3.08. The molecule has 404 valence electrons. The SMILES string of the molecule is CC/C=C\C/C=C\C/C=C\C/C=C\CCCCCCC(=O)OCC(COP(=O)(O)OCC(CO)OC(=O)CCCCCCCCCCC)OC(=O)CCCCCCCCC/C=C\C/C=C\CCCCC. The second-order valence-corrected chi connectivity index (χ2v) is 19.8. The van der Waals surface area contributed by atoms with Crippen molar-refractivity contribution in [2.24, 2.45) is 0 Å². The third-order valence-corrected chi connectivity index (χ3v) is 12.6. The third-order valence-electron chi connectivity index (χ3n) is 11.6. The predicted molar refractivity (Wildman–Crippen MR) is 288 cm³/mol. The van der Waals surface area contributed by atoms with Gasteiger partial charge in [-0.05, 0) is 89.9 Å². The Bertz CT molecular complexity index is 1450. The third kappa shape index (κ3) is 49.9. The van der Waals surface area contributed by atoms with Crippen LogP contribution in [0.4, 0.5) is 0 Å². The summed E-state index contributed by atoms with van der Waals surface area (Å²) in [6.45, 7) is 4.44. The summed E-state index contributed by atoms with van der Waals surface area (Å²) in [7, 11) is -4.75. The first kappa shape index (κ1) is 66.9. The number of phosphoric ester groups is 1. The molecule has 0 aromatic heterocycles. The van der Waals surface area contributed by atoms with Crippen molar-refractivity contribution in [2.75, 3.05) is 26.4 Å². The van der Waals surface area contributed by atoms with Crippen molar-refractivity contribution in [1.82, 2.24) is 0 Å². The highest BCUT2D eigenvalue weighted by atomic mass is 31.2. The van der Waals surface area contributed by atoms with Crippen LogP contribution in [0.25, 0.3) is 0 Å². The van der Waals surface area contributed by atoms with Gasteiger partial charge in [-0.2, -0.15) is 0 Å². The van der Waals surface area contributed by atoms with Gasteiger partial charge in [0.15, 0.2) is 6.10 Å². The van der Waals surface area contributed by atoms with Crippen LogP contribution in [0.1, 0.15) is 239 Å². The summed E-state index contributed by atoms with van der Waals surface area (Å²) in [5, 5.41) is 9.76. The highest BCUT2D eigenvalue weighted by Crippen LogP contribution is 2.43. The summed E-state index contributed by atoms with van der Waals surface area (Å²) < 4.78 is 39.4. The molecule has 0 amide bonds. The number of unbranched alkanes of at least 4 members (excludes halogenated alkanes) is 22. The molecule has 0 aliphatic carbocycles. The van der Waals surface area contributed by atoms with Crippen molar-refractivity contribution in [1.29, 1.82) is 0 Å². The van der Waals surface area contributed by atoms with E-state index in [1.165, 1.54) is 70.6 Å². The number of ether oxygens (including phenoxy) is 3. The first-order valence-corrected chi connectivity index (χ1v) is 29.3. The van der Waals surface area contributed by atoms with Crippen LogP contribution in [0.15, 0.2) is 72.9 Å². The van der Waals surface area contributed by atoms with Crippen LogP contribution in [-0.2, 0) is 42.2 Å². The molecule has 0 fully saturated rings. The first-order chi connectivity index (χ1) is 34.2. The number of hydrogen-bond acceptors (Lipinski definition) is 10. The van der Waals surface area contributed by atoms with Crippen LogP contribution < -0.4 is 0 Å². The summed E-state index contributed by atoms with van der Waals surface area (Å²) in [5.41, 5.74) is 0. The maximum absolute atomic E-state index is 12.9. The summed E-state index contributed by atoms with van der Waals surface area (Å²) in [5.74, 6) is -1.50. The Morgan fingerprint density at radius 3 is 1.17 bits per heavy atom. The summed E-state index contributed by atoms with van der Waals surface area (Å²) in [6.07, 6.45) is 57.2. The molecule has 3 unspecified atom stereocenters. The van der Waals surface area contributed by atoms with Gasteiger partial charge in [0.2, 0.25) is 0 Å². The molecular weight excluding hydrogens is 904 g/mol. The highest BCUT2D eigenvalue weighted by molar-refractivity contribution is 7.47. The standard InChI is InChI=1S/C58H101O11P/c1-4-7-10-13-16-19-21-23-25-27-29-31-33-36-38-41-44-47-56(60)65-51-55(69-58(62)49-46-43-40-37-34-32-30-28-26-24-22-20-17-14-11-8-5-2)53-67-70(63,64)66-52-54(50-59)68-57(61)48-45-42-39-35-18-15-12-9-6-3/h7,10,16-17,19-20,23-26,29,31,54-55,59H,4-6,8-9,11-15,18,21-22,27-28,30,32-53H2,1-3H3,(H,63,64)/b10-7-,19-16-,20-17-,25-23-,26-24-,31-29-. The van der Waals surface area contributed by atoms with Gasteiger partial charge in [0.25, 0.3) is 0 Å². The minimum atomic E-state index is -4.75. The van der Waals surface area contributed by atoms with E-state index in [9.17, 15) is 28.9 Å². The van der Waals surface area contributed by atoms with Gasteiger partial charge in [0, 0.05) is 19.3 Å². The quantitative estimate of drug-likeness (QED) is 0.0197. The maximum Gasteiger partial charge on any atom is 0.472 e. The molecule has 0 spiro atoms. The fourth-order valence-corrected chi connectivity index (χ4v) is 8.16. The van der Waals surface area contributed by atoms with Crippen LogP contribution in [-0.4, -0.2) is 66.5 Å². The van der Waals surface area contributed by atoms with Gasteiger partial charge in [-0.15, -0.1) is 0 Å². The lowest BCUT2D eigenvalue weighted by Crippen LogP contribution is -2.30. The first-order valence-electron chi connectivity index (χ1n) is 27.8. The highest BCUT2D eigenvalue weighted by Gasteiger charge is 2.28. The zero-order valence-electron chi connectivity index (χ0n) is 44.5. The van der Waals surface area contributed by atoms with E-state index in [1.54, 1.807) is 0 Å². The molecule has 12 heteroatoms. The van der Waals surface area contributed by atoms with Crippen molar-refractivity contribution in [3.8, 4) is 0 Å². The normalized spacial score (nSPS) is 14.0. The number of esters is 3. The largest absolute Gasteiger partial charge is 0.472 e. The average Bonchev–Trinajstić information content (AvgIpc) is 3.35. The van der Waals surface area contributed by atoms with Crippen molar-refractivity contribution in [3.63, 3.8) is 0 Å². The monoisotopic (exact) mass is 1000 g/mol. The number of carbonyl (C=O) groups is 3. The number of aliphatic hydroxyl groups is 1. The van der Waals surface area contributed by atoms with Crippen molar-refractivity contribution < 1.29 is 52.2 Å². The zero-order valence-corrected chi connectivity index (χ0v) is 45.4. The summed E-state index contributed by atoms with van der Waals surface area (Å²) in [4.78, 5) is 48.4. The Labute approximate surface area is 427 Å². The van der Waals surface area contributed by atoms with Crippen molar-refractivity contribution in [3.05, 3.63) is 72.9 Å². The number of rotatable bonds is 51. The Morgan fingerprint density at radius 2 is 0.743 bits per heavy atom. The van der Waals surface area contributed by atoms with Gasteiger partial charge < -0.3 is 24.2 Å². The Balaban J connectivity index is 4.78. The number of phosphoric acid groups is 1. The lowest BCUT2D eigenvalue weighted by atomic mass is 10.1. The average molecular weight is 1010 g/mol. The number of aliphatic hydroxyl groups excluding tert-OH is 1. The van der Waals surface area contributed by atoms with Crippen molar-refractivity contribution >= 4 is 25.7 Å². The predicted octanol–water partition coefficient (Wildman–Crippen LogP) is 16.1. The fraction of sp³-hybridized carbons (Fsp3) is 0.741. The van der Waals surface area contributed by atoms with E-state index in [0.717, 1.165) is 109 Å². The molecule has 0 aliphatic rings. The summed E-state index contributed by atoms with van der Waals surface area (Å²) >= 11 is 0. The van der Waals surface area contributed by atoms with Gasteiger partial charge in [-0.1, -0.05) is 203 Å². The molecule has 3 atom stereocenters. The molecule has 0 heterocycles. The van der Waals surface area contributed by atoms with E-state index in [-0.39, 0.29) is 25.9 Å². The fourth-order valence-electron chi connectivity index (χ4n) is 7.38. The van der Waals surface area contributed by atoms with Crippen LogP contribution in [0.5, 0.6) is 0 Å². The smallest absolute Gasteiger partial charge is 0.462 e. The van der Waals surface area contributed by atoms with Gasteiger partial charge in [-0.3, -0.25) is 23.4 Å². The molecule has 0 aromatic rings. The molecule has 2 N–H and O–H groups in total. The molecular formula is C58H101O11P. The molecule has 0 radical (unpaired) electrons. The van der Waals surface area contributed by atoms with Gasteiger partial charge >= 0.3 is 25.7 Å². The van der Waals surface area contributed by atoms with Crippen LogP contribution in [0.3, 0.4) is 0 Å². The zero-order chi connectivity index (χ0) is 51.3. The molecule has 0 saturated carbocycles. The Kier molecular flexibility index (Phi) is 50.0. The lowest BCUT2D eigenvalue weighted by Gasteiger charge is -2.21. The minimum Gasteiger partial charge on any atom is -0.462 e. The number of hydrogen-bond donors (Lipinski definition) is 2. The number of allylic oxidation sites excluding steroid dienone is 12. The van der Waals surface area contributed by atoms with E-state index < -0.39 is 57.8 Å². The number of carbonyl (C=O) groups excluding carboxylic acids is 3. The molecule has 11 nitrogen and oxygen atoms in total. The van der Waals surface area contributed by atoms with Crippen LogP contribution in [0.2, 0.25) is 0 Å². The molecule has 0 rings (SSSR count). The van der Waals surface area contributed by atoms with E-state index in [2.05, 4.69) is 93.7 Å². The van der Waals surface area contributed by atoms with E-state index in [4.69, 9.17) is 23.3 Å². The maximum atomic E-state index is 12.9. The molecule has 0 saturated heterocycles. The van der Waals surface area contributed by atoms with E-state index in [0.29, 0.717) is 19.3 Å². The second kappa shape index (κ2) is 52.2. The van der Waals surface area contributed by atoms with Crippen molar-refractivity contribution in [2.45, 2.75) is 251 Å². The van der Waals surface area contributed by atoms with Gasteiger partial charge in [0.1, 0.15) is 12.7 Å². The molecule has 70 heavy (non-hydrogen) atoms.